The van der Waals surface area contributed by atoms with Gasteiger partial charge >= 0.3 is 0 Å². The molecule has 0 aliphatic heterocycles. The number of hydrogen-bond acceptors (Lipinski definition) is 5. The molecule has 0 atom stereocenters. The van der Waals surface area contributed by atoms with Crippen LogP contribution in [-0.2, 0) is 22.8 Å². The Bertz CT molecular complexity index is 1000. The number of hydrogen-bond donors (Lipinski definition) is 1. The Hall–Kier alpha value is -1.96. The van der Waals surface area contributed by atoms with E-state index in [-0.39, 0.29) is 11.7 Å². The highest BCUT2D eigenvalue weighted by molar-refractivity contribution is 7.99. The number of nitrogens with one attached hydrogen (secondary N) is 1. The lowest BCUT2D eigenvalue weighted by Crippen LogP contribution is -2.15. The van der Waals surface area contributed by atoms with Crippen molar-refractivity contribution in [1.29, 1.82) is 0 Å². The van der Waals surface area contributed by atoms with Gasteiger partial charge in [-0.25, -0.2) is 0 Å². The molecule has 1 N–H and O–H groups in total. The molecule has 0 radical (unpaired) electrons. The molecule has 2 aromatic carbocycles. The number of amides is 1. The Labute approximate surface area is 191 Å². The summed E-state index contributed by atoms with van der Waals surface area (Å²) >= 11 is 9.23. The smallest absolute Gasteiger partial charge is 0.234 e. The minimum Gasteiger partial charge on any atom is -0.325 e. The summed E-state index contributed by atoms with van der Waals surface area (Å²) in [5, 5.41) is 12.9. The van der Waals surface area contributed by atoms with Gasteiger partial charge < -0.3 is 9.88 Å². The van der Waals surface area contributed by atoms with E-state index in [1.807, 2.05) is 30.8 Å². The first-order valence-electron chi connectivity index (χ1n) is 9.70. The largest absolute Gasteiger partial charge is 0.325 e. The van der Waals surface area contributed by atoms with Crippen molar-refractivity contribution < 1.29 is 4.79 Å². The quantitative estimate of drug-likeness (QED) is 0.413. The summed E-state index contributed by atoms with van der Waals surface area (Å²) in [5.74, 6) is 2.82. The maximum Gasteiger partial charge on any atom is 0.234 e. The number of benzene rings is 2. The summed E-state index contributed by atoms with van der Waals surface area (Å²) in [6.45, 7) is 6.87. The third-order valence-corrected chi connectivity index (χ3v) is 6.74. The Morgan fingerprint density at radius 3 is 2.60 bits per heavy atom. The van der Waals surface area contributed by atoms with E-state index in [0.29, 0.717) is 5.02 Å². The van der Waals surface area contributed by atoms with Crippen LogP contribution in [0.25, 0.3) is 0 Å². The number of halogens is 1. The van der Waals surface area contributed by atoms with Crippen molar-refractivity contribution in [3.63, 3.8) is 0 Å². The molecule has 0 aliphatic rings. The van der Waals surface area contributed by atoms with E-state index in [1.54, 1.807) is 6.07 Å². The van der Waals surface area contributed by atoms with Crippen molar-refractivity contribution >= 4 is 46.7 Å². The monoisotopic (exact) mass is 460 g/mol. The summed E-state index contributed by atoms with van der Waals surface area (Å²) in [5.41, 5.74) is 4.28. The van der Waals surface area contributed by atoms with Crippen LogP contribution >= 0.6 is 35.1 Å². The van der Waals surface area contributed by atoms with Crippen molar-refractivity contribution in [2.75, 3.05) is 11.1 Å². The maximum absolute atomic E-state index is 12.4. The molecule has 30 heavy (non-hydrogen) atoms. The normalized spacial score (nSPS) is 10.9. The van der Waals surface area contributed by atoms with E-state index in [1.165, 1.54) is 22.9 Å². The molecule has 3 aromatic rings. The molecule has 3 rings (SSSR count). The van der Waals surface area contributed by atoms with Gasteiger partial charge in [-0.3, -0.25) is 4.79 Å². The molecule has 158 valence electrons. The fraction of sp³-hybridized carbons (Fsp3) is 0.318. The van der Waals surface area contributed by atoms with Crippen molar-refractivity contribution in [3.05, 3.63) is 70.0 Å². The summed E-state index contributed by atoms with van der Waals surface area (Å²) in [4.78, 5) is 12.4. The van der Waals surface area contributed by atoms with E-state index in [2.05, 4.69) is 58.2 Å². The van der Waals surface area contributed by atoms with E-state index >= 15 is 0 Å². The van der Waals surface area contributed by atoms with Gasteiger partial charge in [0.1, 0.15) is 5.82 Å². The lowest BCUT2D eigenvalue weighted by molar-refractivity contribution is -0.113. The predicted molar refractivity (Wildman–Crippen MR) is 127 cm³/mol. The van der Waals surface area contributed by atoms with E-state index in [9.17, 15) is 4.79 Å². The van der Waals surface area contributed by atoms with Gasteiger partial charge in [0, 0.05) is 23.0 Å². The lowest BCUT2D eigenvalue weighted by atomic mass is 10.2. The molecule has 0 aliphatic carbocycles. The highest BCUT2D eigenvalue weighted by Gasteiger charge is 2.14. The number of carbonyl (C=O) groups excluding carboxylic acids is 1. The Kier molecular flexibility index (Phi) is 8.24. The van der Waals surface area contributed by atoms with Crippen LogP contribution in [0.4, 0.5) is 5.69 Å². The number of anilines is 1. The molecule has 0 saturated heterocycles. The Morgan fingerprint density at radius 1 is 1.10 bits per heavy atom. The fourth-order valence-corrected chi connectivity index (χ4v) is 4.76. The van der Waals surface area contributed by atoms with Gasteiger partial charge in [0.25, 0.3) is 0 Å². The second-order valence-corrected chi connectivity index (χ2v) is 9.28. The SMILES string of the molecule is CCn1c(CSCc2ccc(C)cc2)nnc1SCC(=O)Nc1cc(Cl)ccc1C. The van der Waals surface area contributed by atoms with Crippen molar-refractivity contribution in [3.8, 4) is 0 Å². The molecule has 0 bridgehead atoms. The number of thioether (sulfide) groups is 2. The topological polar surface area (TPSA) is 59.8 Å². The fourth-order valence-electron chi connectivity index (χ4n) is 2.84. The first-order chi connectivity index (χ1) is 14.5. The van der Waals surface area contributed by atoms with Crippen LogP contribution in [0.3, 0.4) is 0 Å². The predicted octanol–water partition coefficient (Wildman–Crippen LogP) is 5.73. The molecular weight excluding hydrogens is 436 g/mol. The van der Waals surface area contributed by atoms with E-state index < -0.39 is 0 Å². The molecule has 1 heterocycles. The number of nitrogens with zero attached hydrogens (tertiary/aromatic N) is 3. The van der Waals surface area contributed by atoms with Crippen LogP contribution < -0.4 is 5.32 Å². The molecule has 0 spiro atoms. The van der Waals surface area contributed by atoms with Crippen molar-refractivity contribution in [1.82, 2.24) is 14.8 Å². The Morgan fingerprint density at radius 2 is 1.87 bits per heavy atom. The van der Waals surface area contributed by atoms with Gasteiger partial charge in [-0.05, 0) is 44.0 Å². The summed E-state index contributed by atoms with van der Waals surface area (Å²) in [6.07, 6.45) is 0. The first kappa shape index (κ1) is 22.7. The van der Waals surface area contributed by atoms with Crippen LogP contribution in [0, 0.1) is 13.8 Å². The standard InChI is InChI=1S/C22H25ClN4OS2/c1-4-27-20(13-29-12-17-8-5-15(2)6-9-17)25-26-22(27)30-14-21(28)24-19-11-18(23)10-7-16(19)3/h5-11H,4,12-14H2,1-3H3,(H,24,28). The van der Waals surface area contributed by atoms with Crippen LogP contribution in [0.2, 0.25) is 5.02 Å². The number of carbonyl (C=O) groups is 1. The van der Waals surface area contributed by atoms with Crippen LogP contribution in [0.1, 0.15) is 29.4 Å². The van der Waals surface area contributed by atoms with Crippen LogP contribution in [0.5, 0.6) is 0 Å². The minimum atomic E-state index is -0.0914. The second kappa shape index (κ2) is 10.9. The number of aromatic nitrogens is 3. The van der Waals surface area contributed by atoms with Crippen LogP contribution in [0.15, 0.2) is 47.6 Å². The molecule has 1 aromatic heterocycles. The molecule has 5 nitrogen and oxygen atoms in total. The summed E-state index contributed by atoms with van der Waals surface area (Å²) in [7, 11) is 0. The van der Waals surface area contributed by atoms with Crippen molar-refractivity contribution in [2.45, 2.75) is 44.0 Å². The van der Waals surface area contributed by atoms with Gasteiger partial charge in [0.05, 0.1) is 11.5 Å². The van der Waals surface area contributed by atoms with Gasteiger partial charge in [-0.1, -0.05) is 59.3 Å². The third-order valence-electron chi connectivity index (χ3n) is 4.54. The van der Waals surface area contributed by atoms with Crippen LogP contribution in [-0.4, -0.2) is 26.4 Å². The van der Waals surface area contributed by atoms with E-state index in [4.69, 9.17) is 11.6 Å². The molecule has 0 fully saturated rings. The first-order valence-corrected chi connectivity index (χ1v) is 12.2. The zero-order valence-corrected chi connectivity index (χ0v) is 19.7. The second-order valence-electron chi connectivity index (χ2n) is 6.92. The van der Waals surface area contributed by atoms with Gasteiger partial charge in [-0.2, -0.15) is 0 Å². The third kappa shape index (κ3) is 6.27. The average Bonchev–Trinajstić information content (AvgIpc) is 3.12. The molecule has 1 amide bonds. The van der Waals surface area contributed by atoms with Crippen molar-refractivity contribution in [2.24, 2.45) is 0 Å². The molecular formula is C22H25ClN4OS2. The van der Waals surface area contributed by atoms with Gasteiger partial charge in [-0.15, -0.1) is 22.0 Å². The summed E-state index contributed by atoms with van der Waals surface area (Å²) < 4.78 is 2.07. The summed E-state index contributed by atoms with van der Waals surface area (Å²) in [6, 6.07) is 14.0. The highest BCUT2D eigenvalue weighted by atomic mass is 35.5. The van der Waals surface area contributed by atoms with Gasteiger partial charge in [0.2, 0.25) is 5.91 Å². The number of aryl methyl sites for hydroxylation is 2. The number of rotatable bonds is 9. The maximum atomic E-state index is 12.4. The highest BCUT2D eigenvalue weighted by Crippen LogP contribution is 2.23. The van der Waals surface area contributed by atoms with Gasteiger partial charge in [0.15, 0.2) is 5.16 Å². The zero-order valence-electron chi connectivity index (χ0n) is 17.3. The zero-order chi connectivity index (χ0) is 21.5. The molecule has 0 unspecified atom stereocenters. The lowest BCUT2D eigenvalue weighted by Gasteiger charge is -2.09. The molecule has 0 saturated carbocycles. The molecule has 8 heteroatoms. The Balaban J connectivity index is 1.53. The van der Waals surface area contributed by atoms with E-state index in [0.717, 1.165) is 40.3 Å². The minimum absolute atomic E-state index is 0.0914. The average molecular weight is 461 g/mol.